The lowest BCUT2D eigenvalue weighted by atomic mass is 10.1. The van der Waals surface area contributed by atoms with Gasteiger partial charge < -0.3 is 4.98 Å². The maximum atomic E-state index is 8.86. The standard InChI is InChI=1S/C10H8N2/c1-7-2-3-8-4-5-12-10(8)9(7)6-11/h2-5,12H,1H3. The van der Waals surface area contributed by atoms with Crippen molar-refractivity contribution in [3.8, 4) is 6.07 Å². The van der Waals surface area contributed by atoms with Crippen LogP contribution in [0.1, 0.15) is 11.1 Å². The van der Waals surface area contributed by atoms with Crippen LogP contribution in [0.3, 0.4) is 0 Å². The fourth-order valence-electron chi connectivity index (χ4n) is 1.38. The molecule has 0 aliphatic rings. The summed E-state index contributed by atoms with van der Waals surface area (Å²) in [6.07, 6.45) is 1.85. The molecule has 0 aliphatic heterocycles. The average molecular weight is 156 g/mol. The highest BCUT2D eigenvalue weighted by atomic mass is 14.7. The molecule has 0 atom stereocenters. The first-order valence-electron chi connectivity index (χ1n) is 3.79. The first-order valence-corrected chi connectivity index (χ1v) is 3.79. The maximum Gasteiger partial charge on any atom is 0.102 e. The van der Waals surface area contributed by atoms with Crippen molar-refractivity contribution < 1.29 is 0 Å². The van der Waals surface area contributed by atoms with E-state index in [4.69, 9.17) is 5.26 Å². The zero-order valence-electron chi connectivity index (χ0n) is 6.76. The summed E-state index contributed by atoms with van der Waals surface area (Å²) in [5.41, 5.74) is 2.71. The normalized spacial score (nSPS) is 10.0. The Labute approximate surface area is 70.4 Å². The van der Waals surface area contributed by atoms with E-state index in [9.17, 15) is 0 Å². The quantitative estimate of drug-likeness (QED) is 0.624. The molecule has 1 aromatic carbocycles. The molecular formula is C10H8N2. The number of rotatable bonds is 0. The molecule has 0 spiro atoms. The first kappa shape index (κ1) is 6.93. The molecule has 12 heavy (non-hydrogen) atoms. The van der Waals surface area contributed by atoms with Gasteiger partial charge in [0, 0.05) is 11.6 Å². The van der Waals surface area contributed by atoms with Crippen LogP contribution < -0.4 is 0 Å². The van der Waals surface area contributed by atoms with Crippen LogP contribution in [0.4, 0.5) is 0 Å². The minimum Gasteiger partial charge on any atom is -0.360 e. The number of benzene rings is 1. The number of hydrogen-bond acceptors (Lipinski definition) is 1. The van der Waals surface area contributed by atoms with Crippen molar-refractivity contribution >= 4 is 10.9 Å². The van der Waals surface area contributed by atoms with E-state index in [2.05, 4.69) is 11.1 Å². The monoisotopic (exact) mass is 156 g/mol. The van der Waals surface area contributed by atoms with Crippen molar-refractivity contribution in [2.75, 3.05) is 0 Å². The molecule has 2 nitrogen and oxygen atoms in total. The Kier molecular flexibility index (Phi) is 1.38. The third kappa shape index (κ3) is 0.802. The number of nitrogens with zero attached hydrogens (tertiary/aromatic N) is 1. The number of nitriles is 1. The van der Waals surface area contributed by atoms with Gasteiger partial charge in [0.25, 0.3) is 0 Å². The molecule has 1 heterocycles. The van der Waals surface area contributed by atoms with Crippen LogP contribution in [-0.2, 0) is 0 Å². The smallest absolute Gasteiger partial charge is 0.102 e. The van der Waals surface area contributed by atoms with Crippen molar-refractivity contribution in [2.24, 2.45) is 0 Å². The van der Waals surface area contributed by atoms with Crippen molar-refractivity contribution in [3.63, 3.8) is 0 Å². The second-order valence-electron chi connectivity index (χ2n) is 2.81. The van der Waals surface area contributed by atoms with E-state index in [1.54, 1.807) is 0 Å². The van der Waals surface area contributed by atoms with Crippen LogP contribution in [0.5, 0.6) is 0 Å². The molecule has 0 unspecified atom stereocenters. The predicted molar refractivity (Wildman–Crippen MR) is 47.8 cm³/mol. The fourth-order valence-corrected chi connectivity index (χ4v) is 1.38. The molecule has 0 aliphatic carbocycles. The number of hydrogen-bond donors (Lipinski definition) is 1. The van der Waals surface area contributed by atoms with Gasteiger partial charge in [-0.2, -0.15) is 5.26 Å². The van der Waals surface area contributed by atoms with E-state index in [1.807, 2.05) is 31.3 Å². The Bertz CT molecular complexity index is 460. The SMILES string of the molecule is Cc1ccc2cc[nH]c2c1C#N. The fraction of sp³-hybridized carbons (Fsp3) is 0.100. The summed E-state index contributed by atoms with van der Waals surface area (Å²) in [5, 5.41) is 9.96. The van der Waals surface area contributed by atoms with E-state index < -0.39 is 0 Å². The van der Waals surface area contributed by atoms with Gasteiger partial charge in [0.15, 0.2) is 0 Å². The van der Waals surface area contributed by atoms with Crippen molar-refractivity contribution in [1.29, 1.82) is 5.26 Å². The van der Waals surface area contributed by atoms with Crippen molar-refractivity contribution in [2.45, 2.75) is 6.92 Å². The lowest BCUT2D eigenvalue weighted by Crippen LogP contribution is -1.82. The average Bonchev–Trinajstić information content (AvgIpc) is 2.52. The van der Waals surface area contributed by atoms with E-state index >= 15 is 0 Å². The van der Waals surface area contributed by atoms with E-state index in [-0.39, 0.29) is 0 Å². The summed E-state index contributed by atoms with van der Waals surface area (Å²) in [6.45, 7) is 1.94. The zero-order valence-corrected chi connectivity index (χ0v) is 6.76. The Balaban J connectivity index is 2.94. The van der Waals surface area contributed by atoms with Gasteiger partial charge in [-0.3, -0.25) is 0 Å². The molecule has 0 fully saturated rings. The van der Waals surface area contributed by atoms with Crippen molar-refractivity contribution in [1.82, 2.24) is 4.98 Å². The molecule has 0 saturated heterocycles. The van der Waals surface area contributed by atoms with Gasteiger partial charge >= 0.3 is 0 Å². The van der Waals surface area contributed by atoms with Gasteiger partial charge in [-0.15, -0.1) is 0 Å². The Morgan fingerprint density at radius 1 is 1.33 bits per heavy atom. The number of H-pyrrole nitrogens is 1. The van der Waals surface area contributed by atoms with Gasteiger partial charge in [-0.1, -0.05) is 12.1 Å². The van der Waals surface area contributed by atoms with Crippen LogP contribution in [0.25, 0.3) is 10.9 Å². The summed E-state index contributed by atoms with van der Waals surface area (Å²) in [4.78, 5) is 3.06. The summed E-state index contributed by atoms with van der Waals surface area (Å²) in [5.74, 6) is 0. The van der Waals surface area contributed by atoms with Crippen LogP contribution in [0, 0.1) is 18.3 Å². The van der Waals surface area contributed by atoms with Gasteiger partial charge in [0.2, 0.25) is 0 Å². The highest BCUT2D eigenvalue weighted by Gasteiger charge is 2.03. The van der Waals surface area contributed by atoms with Crippen LogP contribution in [0.15, 0.2) is 24.4 Å². The van der Waals surface area contributed by atoms with Crippen LogP contribution >= 0.6 is 0 Å². The number of aryl methyl sites for hydroxylation is 1. The highest BCUT2D eigenvalue weighted by Crippen LogP contribution is 2.19. The summed E-state index contributed by atoms with van der Waals surface area (Å²) in [7, 11) is 0. The molecule has 2 heteroatoms. The van der Waals surface area contributed by atoms with E-state index in [1.165, 1.54) is 0 Å². The molecule has 1 N–H and O–H groups in total. The van der Waals surface area contributed by atoms with E-state index in [0.717, 1.165) is 22.0 Å². The molecular weight excluding hydrogens is 148 g/mol. The third-order valence-electron chi connectivity index (χ3n) is 2.05. The topological polar surface area (TPSA) is 39.6 Å². The number of nitrogens with one attached hydrogen (secondary N) is 1. The predicted octanol–water partition coefficient (Wildman–Crippen LogP) is 2.35. The minimum absolute atomic E-state index is 0.748. The van der Waals surface area contributed by atoms with Gasteiger partial charge in [0.05, 0.1) is 11.1 Å². The number of aromatic amines is 1. The zero-order chi connectivity index (χ0) is 8.55. The van der Waals surface area contributed by atoms with Gasteiger partial charge in [-0.25, -0.2) is 0 Å². The molecule has 0 amide bonds. The Morgan fingerprint density at radius 3 is 2.92 bits per heavy atom. The summed E-state index contributed by atoms with van der Waals surface area (Å²) >= 11 is 0. The van der Waals surface area contributed by atoms with Gasteiger partial charge in [-0.05, 0) is 18.6 Å². The second kappa shape index (κ2) is 2.38. The number of fused-ring (bicyclic) bond motifs is 1. The molecule has 58 valence electrons. The third-order valence-corrected chi connectivity index (χ3v) is 2.05. The van der Waals surface area contributed by atoms with E-state index in [0.29, 0.717) is 0 Å². The molecule has 0 bridgehead atoms. The second-order valence-corrected chi connectivity index (χ2v) is 2.81. The Hall–Kier alpha value is -1.75. The maximum absolute atomic E-state index is 8.86. The van der Waals surface area contributed by atoms with Crippen LogP contribution in [0.2, 0.25) is 0 Å². The lowest BCUT2D eigenvalue weighted by molar-refractivity contribution is 1.39. The lowest BCUT2D eigenvalue weighted by Gasteiger charge is -1.97. The first-order chi connectivity index (χ1) is 5.83. The van der Waals surface area contributed by atoms with Gasteiger partial charge in [0.1, 0.15) is 6.07 Å². The minimum atomic E-state index is 0.748. The highest BCUT2D eigenvalue weighted by molar-refractivity contribution is 5.85. The summed E-state index contributed by atoms with van der Waals surface area (Å²) < 4.78 is 0. The number of aromatic nitrogens is 1. The molecule has 0 radical (unpaired) electrons. The largest absolute Gasteiger partial charge is 0.360 e. The molecule has 0 saturated carbocycles. The molecule has 1 aromatic heterocycles. The van der Waals surface area contributed by atoms with Crippen LogP contribution in [-0.4, -0.2) is 4.98 Å². The Morgan fingerprint density at radius 2 is 2.17 bits per heavy atom. The molecule has 2 aromatic rings. The van der Waals surface area contributed by atoms with Crippen molar-refractivity contribution in [3.05, 3.63) is 35.5 Å². The molecule has 2 rings (SSSR count). The summed E-state index contributed by atoms with van der Waals surface area (Å²) in [6, 6.07) is 8.14.